The van der Waals surface area contributed by atoms with Gasteiger partial charge in [-0.2, -0.15) is 9.78 Å². The van der Waals surface area contributed by atoms with Gasteiger partial charge in [-0.15, -0.1) is 0 Å². The predicted molar refractivity (Wildman–Crippen MR) is 109 cm³/mol. The van der Waals surface area contributed by atoms with E-state index in [0.29, 0.717) is 17.2 Å². The molecule has 0 aliphatic carbocycles. The lowest BCUT2D eigenvalue weighted by Crippen LogP contribution is -3.27. The molecule has 0 saturated carbocycles. The van der Waals surface area contributed by atoms with Crippen LogP contribution in [0, 0.1) is 11.7 Å². The molecule has 28 heavy (non-hydrogen) atoms. The Labute approximate surface area is 171 Å². The maximum atomic E-state index is 11.8. The molecule has 1 aliphatic rings. The Hall–Kier alpha value is -2.03. The summed E-state index contributed by atoms with van der Waals surface area (Å²) in [6, 6.07) is 8.79. The Morgan fingerprint density at radius 1 is 1.25 bits per heavy atom. The zero-order chi connectivity index (χ0) is 20.1. The van der Waals surface area contributed by atoms with Gasteiger partial charge in [0.25, 0.3) is 0 Å². The maximum absolute atomic E-state index is 11.8. The molecule has 0 unspecified atom stereocenters. The van der Waals surface area contributed by atoms with E-state index >= 15 is 0 Å². The number of piperazine rings is 1. The van der Waals surface area contributed by atoms with Crippen molar-refractivity contribution in [2.24, 2.45) is 7.05 Å². The Balaban J connectivity index is 1.54. The van der Waals surface area contributed by atoms with Crippen molar-refractivity contribution in [2.75, 3.05) is 32.8 Å². The van der Waals surface area contributed by atoms with Crippen molar-refractivity contribution in [3.8, 4) is 0 Å². The number of nitrogens with zero attached hydrogens (tertiary/aromatic N) is 3. The average Bonchev–Trinajstić information content (AvgIpc) is 2.91. The van der Waals surface area contributed by atoms with Crippen LogP contribution in [0.4, 0.5) is 0 Å². The first-order valence-electron chi connectivity index (χ1n) is 9.97. The Morgan fingerprint density at radius 3 is 2.64 bits per heavy atom. The highest BCUT2D eigenvalue weighted by Crippen LogP contribution is 2.02. The molecule has 2 N–H and O–H groups in total. The summed E-state index contributed by atoms with van der Waals surface area (Å²) >= 11 is 5.51. The number of hydrogen-bond acceptors (Lipinski definition) is 4. The van der Waals surface area contributed by atoms with Crippen LogP contribution in [0.1, 0.15) is 23.9 Å². The number of hydrogen-bond donors (Lipinski definition) is 2. The molecule has 0 atom stereocenters. The molecule has 0 bridgehead atoms. The number of aryl methyl sites for hydroxylation is 1. The van der Waals surface area contributed by atoms with E-state index in [0.717, 1.165) is 39.4 Å². The number of nitrogens with one attached hydrogen (secondary N) is 2. The van der Waals surface area contributed by atoms with Crippen LogP contribution in [0.15, 0.2) is 24.3 Å². The van der Waals surface area contributed by atoms with Crippen LogP contribution < -0.4 is 9.80 Å². The molecule has 1 aromatic carbocycles. The molecular weight excluding hydrogens is 374 g/mol. The second-order valence-corrected chi connectivity index (χ2v) is 7.93. The predicted octanol–water partition coefficient (Wildman–Crippen LogP) is -0.694. The molecule has 0 amide bonds. The molecular formula is C20H31N5O2S+2. The summed E-state index contributed by atoms with van der Waals surface area (Å²) in [5.41, 5.74) is 2.73. The monoisotopic (exact) mass is 405 g/mol. The Morgan fingerprint density at radius 2 is 1.96 bits per heavy atom. The topological polar surface area (TPSA) is 57.9 Å². The van der Waals surface area contributed by atoms with Crippen LogP contribution in [-0.2, 0) is 36.2 Å². The second kappa shape index (κ2) is 9.45. The molecule has 2 aromatic rings. The number of ether oxygens (including phenoxy) is 1. The van der Waals surface area contributed by atoms with E-state index in [1.165, 1.54) is 16.0 Å². The normalized spacial score (nSPS) is 19.5. The van der Waals surface area contributed by atoms with E-state index in [-0.39, 0.29) is 12.4 Å². The van der Waals surface area contributed by atoms with Crippen molar-refractivity contribution in [1.29, 1.82) is 0 Å². The molecule has 7 nitrogen and oxygen atoms in total. The zero-order valence-electron chi connectivity index (χ0n) is 17.0. The van der Waals surface area contributed by atoms with Gasteiger partial charge in [-0.3, -0.25) is 4.79 Å². The van der Waals surface area contributed by atoms with Gasteiger partial charge in [0.1, 0.15) is 45.0 Å². The van der Waals surface area contributed by atoms with Crippen LogP contribution in [0.5, 0.6) is 0 Å². The van der Waals surface area contributed by atoms with Crippen LogP contribution in [0.25, 0.3) is 0 Å². The summed E-state index contributed by atoms with van der Waals surface area (Å²) in [4.78, 5) is 14.9. The lowest BCUT2D eigenvalue weighted by Gasteiger charge is -2.29. The fourth-order valence-corrected chi connectivity index (χ4v) is 3.96. The van der Waals surface area contributed by atoms with Crippen molar-refractivity contribution < 1.29 is 19.3 Å². The lowest BCUT2D eigenvalue weighted by molar-refractivity contribution is -1.03. The molecule has 1 fully saturated rings. The molecule has 152 valence electrons. The summed E-state index contributed by atoms with van der Waals surface area (Å²) in [6.07, 6.45) is 0.157. The van der Waals surface area contributed by atoms with E-state index in [2.05, 4.69) is 36.3 Å². The number of benzene rings is 1. The van der Waals surface area contributed by atoms with Crippen LogP contribution in [0.3, 0.4) is 0 Å². The highest BCUT2D eigenvalue weighted by Gasteiger charge is 2.24. The minimum Gasteiger partial charge on any atom is -0.466 e. The van der Waals surface area contributed by atoms with Gasteiger partial charge in [-0.1, -0.05) is 29.8 Å². The number of esters is 1. The molecule has 1 aliphatic heterocycles. The Bertz CT molecular complexity index is 868. The van der Waals surface area contributed by atoms with Crippen molar-refractivity contribution in [2.45, 2.75) is 33.5 Å². The van der Waals surface area contributed by atoms with Gasteiger partial charge < -0.3 is 19.1 Å². The third-order valence-electron chi connectivity index (χ3n) is 5.31. The fraction of sp³-hybridized carbons (Fsp3) is 0.550. The molecule has 0 radical (unpaired) electrons. The number of quaternary nitrogens is 2. The SMILES string of the molecule is CCOC(=O)Cc1nn(C[NH+]2CC[NH+](Cc3cccc(C)c3)CC2)c(=S)n1C. The van der Waals surface area contributed by atoms with Crippen LogP contribution in [-0.4, -0.2) is 53.1 Å². The highest BCUT2D eigenvalue weighted by molar-refractivity contribution is 7.71. The van der Waals surface area contributed by atoms with E-state index in [9.17, 15) is 4.79 Å². The van der Waals surface area contributed by atoms with Crippen molar-refractivity contribution in [1.82, 2.24) is 14.3 Å². The van der Waals surface area contributed by atoms with E-state index in [1.54, 1.807) is 11.8 Å². The lowest BCUT2D eigenvalue weighted by atomic mass is 10.1. The zero-order valence-corrected chi connectivity index (χ0v) is 17.8. The minimum atomic E-state index is -0.265. The van der Waals surface area contributed by atoms with Gasteiger partial charge in [0.05, 0.1) is 6.61 Å². The minimum absolute atomic E-state index is 0.157. The summed E-state index contributed by atoms with van der Waals surface area (Å²) < 4.78 is 9.34. The smallest absolute Gasteiger partial charge is 0.313 e. The number of carbonyl (C=O) groups excluding carboxylic acids is 1. The standard InChI is InChI=1S/C20H29N5O2S/c1-4-27-19(26)13-18-21-25(20(28)22(18)3)15-24-10-8-23(9-11-24)14-17-7-5-6-16(2)12-17/h5-7,12H,4,8-11,13-15H2,1-3H3/p+2. The third kappa shape index (κ3) is 5.27. The van der Waals surface area contributed by atoms with Gasteiger partial charge in [-0.05, 0) is 26.1 Å². The summed E-state index contributed by atoms with van der Waals surface area (Å²) in [7, 11) is 1.86. The summed E-state index contributed by atoms with van der Waals surface area (Å²) in [5.74, 6) is 0.394. The molecule has 1 aromatic heterocycles. The number of carbonyl (C=O) groups is 1. The number of rotatable bonds is 7. The van der Waals surface area contributed by atoms with E-state index < -0.39 is 0 Å². The van der Waals surface area contributed by atoms with Gasteiger partial charge in [0.15, 0.2) is 6.67 Å². The second-order valence-electron chi connectivity index (χ2n) is 7.56. The average molecular weight is 406 g/mol. The van der Waals surface area contributed by atoms with E-state index in [1.807, 2.05) is 16.3 Å². The summed E-state index contributed by atoms with van der Waals surface area (Å²) in [6.45, 7) is 10.6. The maximum Gasteiger partial charge on any atom is 0.313 e. The van der Waals surface area contributed by atoms with Gasteiger partial charge >= 0.3 is 5.97 Å². The van der Waals surface area contributed by atoms with Crippen LogP contribution >= 0.6 is 12.2 Å². The van der Waals surface area contributed by atoms with Gasteiger partial charge in [-0.25, -0.2) is 0 Å². The molecule has 3 rings (SSSR count). The van der Waals surface area contributed by atoms with Crippen molar-refractivity contribution in [3.63, 3.8) is 0 Å². The van der Waals surface area contributed by atoms with E-state index in [4.69, 9.17) is 17.0 Å². The van der Waals surface area contributed by atoms with Crippen LogP contribution in [0.2, 0.25) is 0 Å². The summed E-state index contributed by atoms with van der Waals surface area (Å²) in [5, 5.41) is 4.57. The first-order valence-corrected chi connectivity index (χ1v) is 10.4. The highest BCUT2D eigenvalue weighted by atomic mass is 32.1. The van der Waals surface area contributed by atoms with Crippen molar-refractivity contribution >= 4 is 18.2 Å². The van der Waals surface area contributed by atoms with Crippen molar-refractivity contribution in [3.05, 3.63) is 46.0 Å². The first kappa shape index (κ1) is 20.7. The molecule has 8 heteroatoms. The first-order chi connectivity index (χ1) is 13.5. The number of aromatic nitrogens is 3. The Kier molecular flexibility index (Phi) is 6.98. The third-order valence-corrected chi connectivity index (χ3v) is 5.80. The van der Waals surface area contributed by atoms with Gasteiger partial charge in [0.2, 0.25) is 4.77 Å². The molecule has 1 saturated heterocycles. The molecule has 0 spiro atoms. The van der Waals surface area contributed by atoms with Gasteiger partial charge in [0, 0.05) is 12.6 Å². The largest absolute Gasteiger partial charge is 0.466 e. The molecule has 2 heterocycles. The fourth-order valence-electron chi connectivity index (χ4n) is 3.75. The quantitative estimate of drug-likeness (QED) is 0.473.